The van der Waals surface area contributed by atoms with Crippen molar-refractivity contribution < 1.29 is 31.1 Å². The third-order valence-electron chi connectivity index (χ3n) is 8.14. The lowest BCUT2D eigenvalue weighted by Gasteiger charge is -2.23. The summed E-state index contributed by atoms with van der Waals surface area (Å²) in [6, 6.07) is 10.1. The maximum atomic E-state index is 13.5. The number of fused-ring (bicyclic) bond motifs is 1. The maximum absolute atomic E-state index is 13.5. The van der Waals surface area contributed by atoms with Crippen LogP contribution in [0.3, 0.4) is 0 Å². The van der Waals surface area contributed by atoms with Crippen molar-refractivity contribution in [1.82, 2.24) is 4.90 Å². The van der Waals surface area contributed by atoms with E-state index in [4.69, 9.17) is 4.74 Å². The van der Waals surface area contributed by atoms with Crippen molar-refractivity contribution >= 4 is 0 Å². The van der Waals surface area contributed by atoms with Gasteiger partial charge >= 0.3 is 12.4 Å². The molecular formula is C28H31F6NO. The van der Waals surface area contributed by atoms with E-state index in [1.807, 2.05) is 17.0 Å². The minimum absolute atomic E-state index is 0.0534. The zero-order chi connectivity index (χ0) is 25.7. The van der Waals surface area contributed by atoms with Gasteiger partial charge in [0.2, 0.25) is 0 Å². The topological polar surface area (TPSA) is 12.5 Å². The highest BCUT2D eigenvalue weighted by atomic mass is 19.4. The van der Waals surface area contributed by atoms with Gasteiger partial charge < -0.3 is 4.74 Å². The molecule has 8 heteroatoms. The Balaban J connectivity index is 1.21. The number of rotatable bonds is 7. The molecule has 3 fully saturated rings. The van der Waals surface area contributed by atoms with Crippen molar-refractivity contribution in [3.8, 4) is 5.75 Å². The Morgan fingerprint density at radius 2 is 1.61 bits per heavy atom. The number of ether oxygens (including phenoxy) is 1. The first kappa shape index (κ1) is 25.4. The Kier molecular flexibility index (Phi) is 6.77. The van der Waals surface area contributed by atoms with Crippen LogP contribution in [0.15, 0.2) is 42.5 Å². The third kappa shape index (κ3) is 5.53. The maximum Gasteiger partial charge on any atom is 0.416 e. The standard InChI is InChI=1S/C28H31F6NO/c1-2-25(17-6-7-17)18-4-3-5-23(11-18)36-24-12-19-14-35(15-20(19)13-24)16-21-10-22(27(29,30)31)8-9-26(21)28(32,33)34/h3-5,8-11,17,19-20,24-25H,2,6-7,12-16H2,1H3/t19?,20?,24?,25-/m0/s1. The van der Waals surface area contributed by atoms with Crippen molar-refractivity contribution in [3.05, 3.63) is 64.7 Å². The average molecular weight is 512 g/mol. The van der Waals surface area contributed by atoms with Crippen LogP contribution in [0.2, 0.25) is 0 Å². The molecule has 0 radical (unpaired) electrons. The Morgan fingerprint density at radius 1 is 0.917 bits per heavy atom. The summed E-state index contributed by atoms with van der Waals surface area (Å²) >= 11 is 0. The molecule has 2 aliphatic carbocycles. The van der Waals surface area contributed by atoms with Crippen molar-refractivity contribution in [3.63, 3.8) is 0 Å². The molecule has 2 saturated carbocycles. The van der Waals surface area contributed by atoms with Crippen LogP contribution in [0.25, 0.3) is 0 Å². The molecule has 0 spiro atoms. The largest absolute Gasteiger partial charge is 0.490 e. The normalized spacial score (nSPS) is 25.7. The number of halogens is 6. The second-order valence-corrected chi connectivity index (χ2v) is 10.7. The van der Waals surface area contributed by atoms with E-state index in [2.05, 4.69) is 19.1 Å². The molecule has 36 heavy (non-hydrogen) atoms. The van der Waals surface area contributed by atoms with Gasteiger partial charge in [0, 0.05) is 19.6 Å². The van der Waals surface area contributed by atoms with Crippen LogP contribution in [0.4, 0.5) is 26.3 Å². The van der Waals surface area contributed by atoms with Gasteiger partial charge in [-0.05, 0) is 97.2 Å². The molecule has 3 aliphatic rings. The lowest BCUT2D eigenvalue weighted by molar-refractivity contribution is -0.142. The Labute approximate surface area is 207 Å². The predicted octanol–water partition coefficient (Wildman–Crippen LogP) is 7.92. The second kappa shape index (κ2) is 9.58. The van der Waals surface area contributed by atoms with Gasteiger partial charge in [0.1, 0.15) is 5.75 Å². The molecule has 196 valence electrons. The van der Waals surface area contributed by atoms with Crippen LogP contribution < -0.4 is 4.74 Å². The fourth-order valence-corrected chi connectivity index (χ4v) is 6.34. The number of alkyl halides is 6. The molecule has 0 N–H and O–H groups in total. The Morgan fingerprint density at radius 3 is 2.19 bits per heavy atom. The van der Waals surface area contributed by atoms with Gasteiger partial charge in [-0.25, -0.2) is 0 Å². The number of benzene rings is 2. The number of nitrogens with zero attached hydrogens (tertiary/aromatic N) is 1. The average Bonchev–Trinajstić information content (AvgIpc) is 3.45. The van der Waals surface area contributed by atoms with Gasteiger partial charge in [0.05, 0.1) is 17.2 Å². The SMILES string of the molecule is CC[C@H](c1cccc(OC2CC3CN(Cc4cc(C(F)(F)F)ccc4C(F)(F)F)CC3C2)c1)C1CC1. The Bertz CT molecular complexity index is 1060. The van der Waals surface area contributed by atoms with E-state index < -0.39 is 23.5 Å². The smallest absolute Gasteiger partial charge is 0.416 e. The monoisotopic (exact) mass is 511 g/mol. The molecule has 1 saturated heterocycles. The molecular weight excluding hydrogens is 480 g/mol. The van der Waals surface area contributed by atoms with Gasteiger partial charge in [-0.1, -0.05) is 19.1 Å². The second-order valence-electron chi connectivity index (χ2n) is 10.7. The Hall–Kier alpha value is -2.22. The molecule has 1 aliphatic heterocycles. The third-order valence-corrected chi connectivity index (χ3v) is 8.14. The summed E-state index contributed by atoms with van der Waals surface area (Å²) in [5.74, 6) is 2.76. The minimum Gasteiger partial charge on any atom is -0.490 e. The highest BCUT2D eigenvalue weighted by Crippen LogP contribution is 2.46. The van der Waals surface area contributed by atoms with Crippen LogP contribution in [0.5, 0.6) is 5.75 Å². The lowest BCUT2D eigenvalue weighted by atomic mass is 9.92. The molecule has 5 rings (SSSR count). The highest BCUT2D eigenvalue weighted by Gasteiger charge is 2.43. The fourth-order valence-electron chi connectivity index (χ4n) is 6.34. The van der Waals surface area contributed by atoms with Gasteiger partial charge in [-0.15, -0.1) is 0 Å². The summed E-state index contributed by atoms with van der Waals surface area (Å²) in [6.45, 7) is 3.21. The van der Waals surface area contributed by atoms with E-state index in [1.54, 1.807) is 0 Å². The summed E-state index contributed by atoms with van der Waals surface area (Å²) in [6.07, 6.45) is -4.03. The van der Waals surface area contributed by atoms with E-state index in [0.29, 0.717) is 37.2 Å². The zero-order valence-corrected chi connectivity index (χ0v) is 20.2. The predicted molar refractivity (Wildman–Crippen MR) is 125 cm³/mol. The fraction of sp³-hybridized carbons (Fsp3) is 0.571. The van der Waals surface area contributed by atoms with Gasteiger partial charge in [0.25, 0.3) is 0 Å². The van der Waals surface area contributed by atoms with Crippen molar-refractivity contribution in [1.29, 1.82) is 0 Å². The highest BCUT2D eigenvalue weighted by molar-refractivity contribution is 5.36. The van der Waals surface area contributed by atoms with E-state index in [-0.39, 0.29) is 30.0 Å². The first-order chi connectivity index (χ1) is 17.0. The van der Waals surface area contributed by atoms with E-state index >= 15 is 0 Å². The zero-order valence-electron chi connectivity index (χ0n) is 20.2. The van der Waals surface area contributed by atoms with Crippen molar-refractivity contribution in [2.75, 3.05) is 13.1 Å². The molecule has 2 unspecified atom stereocenters. The summed E-state index contributed by atoms with van der Waals surface area (Å²) in [7, 11) is 0. The van der Waals surface area contributed by atoms with Crippen LogP contribution in [-0.2, 0) is 18.9 Å². The number of hydrogen-bond donors (Lipinski definition) is 0. The van der Waals surface area contributed by atoms with Gasteiger partial charge in [0.15, 0.2) is 0 Å². The molecule has 0 aromatic heterocycles. The molecule has 3 atom stereocenters. The van der Waals surface area contributed by atoms with Crippen LogP contribution in [0.1, 0.15) is 67.2 Å². The molecule has 2 aromatic carbocycles. The number of hydrogen-bond acceptors (Lipinski definition) is 2. The first-order valence-corrected chi connectivity index (χ1v) is 12.8. The lowest BCUT2D eigenvalue weighted by Crippen LogP contribution is -2.26. The van der Waals surface area contributed by atoms with Crippen LogP contribution >= 0.6 is 0 Å². The quantitative estimate of drug-likeness (QED) is 0.350. The molecule has 0 amide bonds. The molecule has 2 aromatic rings. The minimum atomic E-state index is -4.70. The van der Waals surface area contributed by atoms with E-state index in [1.165, 1.54) is 18.4 Å². The summed E-state index contributed by atoms with van der Waals surface area (Å²) < 4.78 is 86.2. The first-order valence-electron chi connectivity index (χ1n) is 12.8. The number of likely N-dealkylation sites (tertiary alicyclic amines) is 1. The van der Waals surface area contributed by atoms with Gasteiger partial charge in [-0.2, -0.15) is 26.3 Å². The molecule has 1 heterocycles. The summed E-state index contributed by atoms with van der Waals surface area (Å²) in [5.41, 5.74) is -1.04. The molecule has 0 bridgehead atoms. The summed E-state index contributed by atoms with van der Waals surface area (Å²) in [5, 5.41) is 0. The van der Waals surface area contributed by atoms with Crippen LogP contribution in [0, 0.1) is 17.8 Å². The van der Waals surface area contributed by atoms with E-state index in [9.17, 15) is 26.3 Å². The van der Waals surface area contributed by atoms with Crippen molar-refractivity contribution in [2.45, 2.75) is 69.9 Å². The summed E-state index contributed by atoms with van der Waals surface area (Å²) in [4.78, 5) is 1.86. The van der Waals surface area contributed by atoms with Crippen LogP contribution in [-0.4, -0.2) is 24.1 Å². The van der Waals surface area contributed by atoms with E-state index in [0.717, 1.165) is 30.9 Å². The van der Waals surface area contributed by atoms with Crippen molar-refractivity contribution in [2.24, 2.45) is 17.8 Å². The molecule has 2 nitrogen and oxygen atoms in total. The van der Waals surface area contributed by atoms with Gasteiger partial charge in [-0.3, -0.25) is 4.90 Å².